The fourth-order valence-corrected chi connectivity index (χ4v) is 1.93. The molecule has 17 heavy (non-hydrogen) atoms. The molecule has 0 unspecified atom stereocenters. The van der Waals surface area contributed by atoms with Crippen molar-refractivity contribution in [2.45, 2.75) is 39.2 Å². The third-order valence-corrected chi connectivity index (χ3v) is 2.82. The van der Waals surface area contributed by atoms with E-state index < -0.39 is 5.54 Å². The minimum absolute atomic E-state index is 0.441. The number of methoxy groups -OCH3 is 2. The Balaban J connectivity index is 3.33. The second-order valence-electron chi connectivity index (χ2n) is 4.84. The van der Waals surface area contributed by atoms with Gasteiger partial charge in [-0.1, -0.05) is 13.3 Å². The van der Waals surface area contributed by atoms with Crippen molar-refractivity contribution >= 4 is 0 Å². The van der Waals surface area contributed by atoms with Crippen molar-refractivity contribution in [2.75, 3.05) is 14.2 Å². The predicted molar refractivity (Wildman–Crippen MR) is 70.8 cm³/mol. The van der Waals surface area contributed by atoms with Crippen molar-refractivity contribution < 1.29 is 9.47 Å². The van der Waals surface area contributed by atoms with E-state index in [4.69, 9.17) is 15.2 Å². The molecule has 1 rings (SSSR count). The summed E-state index contributed by atoms with van der Waals surface area (Å²) in [6.45, 7) is 6.07. The topological polar surface area (TPSA) is 44.5 Å². The maximum atomic E-state index is 6.15. The highest BCUT2D eigenvalue weighted by atomic mass is 16.5. The van der Waals surface area contributed by atoms with Gasteiger partial charge in [0.05, 0.1) is 14.2 Å². The Hall–Kier alpha value is -1.22. The summed E-state index contributed by atoms with van der Waals surface area (Å²) in [5, 5.41) is 0. The van der Waals surface area contributed by atoms with Gasteiger partial charge in [-0.25, -0.2) is 0 Å². The lowest BCUT2D eigenvalue weighted by Gasteiger charge is -2.24. The summed E-state index contributed by atoms with van der Waals surface area (Å²) in [5.41, 5.74) is 7.84. The van der Waals surface area contributed by atoms with Gasteiger partial charge in [-0.3, -0.25) is 0 Å². The van der Waals surface area contributed by atoms with Crippen LogP contribution in [-0.4, -0.2) is 14.2 Å². The van der Waals surface area contributed by atoms with E-state index in [1.807, 2.05) is 26.0 Å². The second-order valence-corrected chi connectivity index (χ2v) is 4.84. The fraction of sp³-hybridized carbons (Fsp3) is 0.571. The Morgan fingerprint density at radius 3 is 2.12 bits per heavy atom. The lowest BCUT2D eigenvalue weighted by molar-refractivity contribution is 0.382. The van der Waals surface area contributed by atoms with E-state index >= 15 is 0 Å². The first kappa shape index (κ1) is 13.8. The van der Waals surface area contributed by atoms with Crippen LogP contribution in [-0.2, 0) is 12.0 Å². The molecule has 1 aromatic rings. The minimum atomic E-state index is -0.441. The maximum absolute atomic E-state index is 6.15. The van der Waals surface area contributed by atoms with E-state index in [2.05, 4.69) is 6.92 Å². The summed E-state index contributed by atoms with van der Waals surface area (Å²) in [4.78, 5) is 0. The molecule has 0 aromatic heterocycles. The molecule has 0 bridgehead atoms. The van der Waals surface area contributed by atoms with Crippen LogP contribution in [0.5, 0.6) is 11.5 Å². The van der Waals surface area contributed by atoms with Crippen molar-refractivity contribution in [3.05, 3.63) is 23.3 Å². The van der Waals surface area contributed by atoms with Crippen molar-refractivity contribution in [1.29, 1.82) is 0 Å². The number of ether oxygens (including phenoxy) is 2. The van der Waals surface area contributed by atoms with E-state index in [1.165, 1.54) is 5.56 Å². The van der Waals surface area contributed by atoms with Crippen molar-refractivity contribution in [2.24, 2.45) is 5.73 Å². The van der Waals surface area contributed by atoms with Crippen LogP contribution in [0, 0.1) is 0 Å². The third kappa shape index (κ3) is 3.13. The molecule has 0 amide bonds. The van der Waals surface area contributed by atoms with Crippen LogP contribution in [0.2, 0.25) is 0 Å². The average molecular weight is 237 g/mol. The van der Waals surface area contributed by atoms with Gasteiger partial charge in [-0.15, -0.1) is 0 Å². The van der Waals surface area contributed by atoms with Gasteiger partial charge in [0.15, 0.2) is 0 Å². The normalized spacial score (nSPS) is 11.4. The van der Waals surface area contributed by atoms with E-state index in [9.17, 15) is 0 Å². The highest BCUT2D eigenvalue weighted by molar-refractivity contribution is 5.49. The fourth-order valence-electron chi connectivity index (χ4n) is 1.93. The van der Waals surface area contributed by atoms with E-state index in [-0.39, 0.29) is 0 Å². The van der Waals surface area contributed by atoms with Crippen LogP contribution in [0.3, 0.4) is 0 Å². The zero-order chi connectivity index (χ0) is 13.1. The monoisotopic (exact) mass is 237 g/mol. The molecule has 0 aliphatic carbocycles. The summed E-state index contributed by atoms with van der Waals surface area (Å²) in [7, 11) is 3.36. The molecular weight excluding hydrogens is 214 g/mol. The predicted octanol–water partition coefficient (Wildman–Crippen LogP) is 2.85. The number of hydrogen-bond donors (Lipinski definition) is 1. The zero-order valence-electron chi connectivity index (χ0n) is 11.5. The van der Waals surface area contributed by atoms with Gasteiger partial charge in [0.1, 0.15) is 11.5 Å². The lowest BCUT2D eigenvalue weighted by Crippen LogP contribution is -2.29. The largest absolute Gasteiger partial charge is 0.496 e. The Morgan fingerprint density at radius 2 is 1.71 bits per heavy atom. The first-order chi connectivity index (χ1) is 7.93. The SMILES string of the molecule is CCCc1cc(OC)c(C(C)(C)N)cc1OC. The van der Waals surface area contributed by atoms with Crippen LogP contribution in [0.1, 0.15) is 38.3 Å². The molecule has 0 saturated carbocycles. The Bertz CT molecular complexity index is 381. The van der Waals surface area contributed by atoms with Crippen LogP contribution in [0.15, 0.2) is 12.1 Å². The molecular formula is C14H23NO2. The van der Waals surface area contributed by atoms with Crippen molar-refractivity contribution in [1.82, 2.24) is 0 Å². The maximum Gasteiger partial charge on any atom is 0.124 e. The average Bonchev–Trinajstić information content (AvgIpc) is 2.27. The van der Waals surface area contributed by atoms with Gasteiger partial charge in [0.25, 0.3) is 0 Å². The third-order valence-electron chi connectivity index (χ3n) is 2.82. The summed E-state index contributed by atoms with van der Waals surface area (Å²) in [6.07, 6.45) is 2.05. The van der Waals surface area contributed by atoms with Gasteiger partial charge < -0.3 is 15.2 Å². The minimum Gasteiger partial charge on any atom is -0.496 e. The van der Waals surface area contributed by atoms with Gasteiger partial charge in [0, 0.05) is 11.1 Å². The highest BCUT2D eigenvalue weighted by Gasteiger charge is 2.21. The molecule has 0 aliphatic heterocycles. The summed E-state index contributed by atoms with van der Waals surface area (Å²) >= 11 is 0. The highest BCUT2D eigenvalue weighted by Crippen LogP contribution is 2.34. The Labute approximate surface area is 104 Å². The van der Waals surface area contributed by atoms with Crippen molar-refractivity contribution in [3.8, 4) is 11.5 Å². The van der Waals surface area contributed by atoms with Crippen LogP contribution in [0.25, 0.3) is 0 Å². The summed E-state index contributed by atoms with van der Waals surface area (Å²) < 4.78 is 10.8. The number of aryl methyl sites for hydroxylation is 1. The Morgan fingerprint density at radius 1 is 1.12 bits per heavy atom. The first-order valence-corrected chi connectivity index (χ1v) is 5.98. The number of benzene rings is 1. The summed E-state index contributed by atoms with van der Waals surface area (Å²) in [6, 6.07) is 4.02. The lowest BCUT2D eigenvalue weighted by atomic mass is 9.92. The molecule has 0 atom stereocenters. The molecule has 0 saturated heterocycles. The molecule has 2 N–H and O–H groups in total. The molecule has 3 nitrogen and oxygen atoms in total. The van der Waals surface area contributed by atoms with Gasteiger partial charge >= 0.3 is 0 Å². The number of hydrogen-bond acceptors (Lipinski definition) is 3. The van der Waals surface area contributed by atoms with Crippen LogP contribution < -0.4 is 15.2 Å². The van der Waals surface area contributed by atoms with Crippen molar-refractivity contribution in [3.63, 3.8) is 0 Å². The van der Waals surface area contributed by atoms with Gasteiger partial charge in [-0.2, -0.15) is 0 Å². The van der Waals surface area contributed by atoms with E-state index in [0.29, 0.717) is 0 Å². The molecule has 0 aliphatic rings. The van der Waals surface area contributed by atoms with Gasteiger partial charge in [0.2, 0.25) is 0 Å². The van der Waals surface area contributed by atoms with E-state index in [1.54, 1.807) is 14.2 Å². The molecule has 96 valence electrons. The Kier molecular flexibility index (Phi) is 4.40. The first-order valence-electron chi connectivity index (χ1n) is 5.98. The van der Waals surface area contributed by atoms with E-state index in [0.717, 1.165) is 29.9 Å². The molecule has 0 spiro atoms. The van der Waals surface area contributed by atoms with Crippen LogP contribution >= 0.6 is 0 Å². The van der Waals surface area contributed by atoms with Crippen LogP contribution in [0.4, 0.5) is 0 Å². The zero-order valence-corrected chi connectivity index (χ0v) is 11.5. The van der Waals surface area contributed by atoms with Gasteiger partial charge in [-0.05, 0) is 38.0 Å². The molecule has 0 heterocycles. The standard InChI is InChI=1S/C14H23NO2/c1-6-7-10-8-13(17-5)11(14(2,3)15)9-12(10)16-4/h8-9H,6-7,15H2,1-5H3. The molecule has 0 fully saturated rings. The molecule has 3 heteroatoms. The quantitative estimate of drug-likeness (QED) is 0.856. The second kappa shape index (κ2) is 5.41. The molecule has 1 aromatic carbocycles. The summed E-state index contributed by atoms with van der Waals surface area (Å²) in [5.74, 6) is 1.72. The number of nitrogens with two attached hydrogens (primary N) is 1. The number of rotatable bonds is 5. The molecule has 0 radical (unpaired) electrons. The smallest absolute Gasteiger partial charge is 0.124 e.